The Labute approximate surface area is 201 Å². The lowest BCUT2D eigenvalue weighted by Gasteiger charge is -2.19. The molecule has 0 unspecified atom stereocenters. The SMILES string of the molecule is CCCCOC(=O)[C@H](O)NC[C@@H](C)Oc1ccccc1CCCNC(=O)OCc1ccccc1. The maximum Gasteiger partial charge on any atom is 0.407 e. The summed E-state index contributed by atoms with van der Waals surface area (Å²) >= 11 is 0. The summed E-state index contributed by atoms with van der Waals surface area (Å²) in [6.07, 6.45) is 0.988. The number of aliphatic hydroxyl groups is 1. The molecule has 0 heterocycles. The van der Waals surface area contributed by atoms with E-state index in [9.17, 15) is 14.7 Å². The van der Waals surface area contributed by atoms with Crippen LogP contribution in [0.1, 0.15) is 44.2 Å². The highest BCUT2D eigenvalue weighted by atomic mass is 16.6. The normalized spacial score (nSPS) is 12.4. The highest BCUT2D eigenvalue weighted by Crippen LogP contribution is 2.20. The van der Waals surface area contributed by atoms with Gasteiger partial charge in [0.2, 0.25) is 6.23 Å². The molecule has 8 nitrogen and oxygen atoms in total. The Bertz CT molecular complexity index is 861. The Hall–Kier alpha value is -3.10. The fourth-order valence-corrected chi connectivity index (χ4v) is 3.08. The zero-order chi connectivity index (χ0) is 24.6. The minimum Gasteiger partial charge on any atom is -0.489 e. The molecular formula is C26H36N2O6. The fraction of sp³-hybridized carbons (Fsp3) is 0.462. The molecule has 0 aliphatic rings. The molecule has 0 radical (unpaired) electrons. The molecule has 8 heteroatoms. The molecule has 0 aliphatic heterocycles. The van der Waals surface area contributed by atoms with Gasteiger partial charge in [0.1, 0.15) is 18.5 Å². The van der Waals surface area contributed by atoms with Crippen LogP contribution in [-0.4, -0.2) is 49.2 Å². The van der Waals surface area contributed by atoms with Crippen molar-refractivity contribution in [3.05, 3.63) is 65.7 Å². The number of rotatable bonds is 15. The first kappa shape index (κ1) is 27.1. The number of ether oxygens (including phenoxy) is 3. The summed E-state index contributed by atoms with van der Waals surface area (Å²) in [4.78, 5) is 23.6. The lowest BCUT2D eigenvalue weighted by Crippen LogP contribution is -2.42. The molecule has 2 aromatic rings. The summed E-state index contributed by atoms with van der Waals surface area (Å²) in [5, 5.41) is 15.4. The molecule has 2 atom stereocenters. The largest absolute Gasteiger partial charge is 0.489 e. The predicted octanol–water partition coefficient (Wildman–Crippen LogP) is 3.56. The molecule has 0 fully saturated rings. The number of hydrogen-bond donors (Lipinski definition) is 3. The van der Waals surface area contributed by atoms with Crippen LogP contribution in [0, 0.1) is 0 Å². The second-order valence-corrected chi connectivity index (χ2v) is 7.96. The summed E-state index contributed by atoms with van der Waals surface area (Å²) in [7, 11) is 0. The summed E-state index contributed by atoms with van der Waals surface area (Å²) in [6, 6.07) is 17.2. The topological polar surface area (TPSA) is 106 Å². The van der Waals surface area contributed by atoms with Crippen molar-refractivity contribution in [2.24, 2.45) is 0 Å². The predicted molar refractivity (Wildman–Crippen MR) is 129 cm³/mol. The van der Waals surface area contributed by atoms with E-state index in [1.807, 2.05) is 68.4 Å². The van der Waals surface area contributed by atoms with Gasteiger partial charge in [-0.15, -0.1) is 0 Å². The number of hydrogen-bond acceptors (Lipinski definition) is 7. The Morgan fingerprint density at radius 3 is 2.50 bits per heavy atom. The maximum absolute atomic E-state index is 11.9. The van der Waals surface area contributed by atoms with E-state index in [1.165, 1.54) is 0 Å². The van der Waals surface area contributed by atoms with Crippen molar-refractivity contribution >= 4 is 12.1 Å². The molecule has 0 saturated carbocycles. The minimum absolute atomic E-state index is 0.237. The summed E-state index contributed by atoms with van der Waals surface area (Å²) < 4.78 is 16.2. The van der Waals surface area contributed by atoms with Crippen LogP contribution in [-0.2, 0) is 27.3 Å². The van der Waals surface area contributed by atoms with Crippen molar-refractivity contribution in [2.45, 2.75) is 58.5 Å². The van der Waals surface area contributed by atoms with Gasteiger partial charge in [0.05, 0.1) is 6.61 Å². The van der Waals surface area contributed by atoms with E-state index in [2.05, 4.69) is 10.6 Å². The second kappa shape index (κ2) is 15.7. The van der Waals surface area contributed by atoms with Crippen LogP contribution in [0.5, 0.6) is 5.75 Å². The van der Waals surface area contributed by atoms with Gasteiger partial charge in [-0.2, -0.15) is 0 Å². The van der Waals surface area contributed by atoms with Crippen LogP contribution in [0.4, 0.5) is 4.79 Å². The summed E-state index contributed by atoms with van der Waals surface area (Å²) in [5.74, 6) is 0.0410. The van der Waals surface area contributed by atoms with E-state index in [1.54, 1.807) is 0 Å². The van der Waals surface area contributed by atoms with E-state index in [0.29, 0.717) is 19.6 Å². The Kier molecular flexibility index (Phi) is 12.5. The Morgan fingerprint density at radius 2 is 1.74 bits per heavy atom. The van der Waals surface area contributed by atoms with Crippen LogP contribution < -0.4 is 15.4 Å². The van der Waals surface area contributed by atoms with Gasteiger partial charge in [-0.05, 0) is 43.4 Å². The third kappa shape index (κ3) is 10.7. The molecular weight excluding hydrogens is 436 g/mol. The van der Waals surface area contributed by atoms with Crippen molar-refractivity contribution in [2.75, 3.05) is 19.7 Å². The third-order valence-electron chi connectivity index (χ3n) is 4.97. The number of unbranched alkanes of at least 4 members (excludes halogenated alkanes) is 1. The zero-order valence-corrected chi connectivity index (χ0v) is 20.0. The number of esters is 1. The van der Waals surface area contributed by atoms with Crippen molar-refractivity contribution in [1.82, 2.24) is 10.6 Å². The molecule has 186 valence electrons. The third-order valence-corrected chi connectivity index (χ3v) is 4.97. The van der Waals surface area contributed by atoms with Crippen LogP contribution >= 0.6 is 0 Å². The number of nitrogens with one attached hydrogen (secondary N) is 2. The first-order valence-electron chi connectivity index (χ1n) is 11.8. The summed E-state index contributed by atoms with van der Waals surface area (Å²) in [5.41, 5.74) is 1.95. The summed E-state index contributed by atoms with van der Waals surface area (Å²) in [6.45, 7) is 5.13. The molecule has 1 amide bonds. The zero-order valence-electron chi connectivity index (χ0n) is 20.0. The van der Waals surface area contributed by atoms with E-state index < -0.39 is 18.3 Å². The van der Waals surface area contributed by atoms with Crippen LogP contribution in [0.2, 0.25) is 0 Å². The number of para-hydroxylation sites is 1. The number of aryl methyl sites for hydroxylation is 1. The molecule has 0 aliphatic carbocycles. The number of alkyl carbamates (subject to hydrolysis) is 1. The number of aliphatic hydroxyl groups excluding tert-OH is 1. The van der Waals surface area contributed by atoms with Gasteiger partial charge >= 0.3 is 12.1 Å². The van der Waals surface area contributed by atoms with Crippen molar-refractivity contribution < 1.29 is 28.9 Å². The number of amides is 1. The molecule has 2 rings (SSSR count). The van der Waals surface area contributed by atoms with E-state index in [0.717, 1.165) is 36.1 Å². The standard InChI is InChI=1S/C26H36N2O6/c1-3-4-17-32-25(30)24(29)28-18-20(2)34-23-15-9-8-13-22(23)14-10-16-27-26(31)33-19-21-11-6-5-7-12-21/h5-9,11-13,15,20,24,28-29H,3-4,10,14,16-19H2,1-2H3,(H,27,31)/t20-,24+/m1/s1. The van der Waals surface area contributed by atoms with Crippen LogP contribution in [0.3, 0.4) is 0 Å². The molecule has 0 bridgehead atoms. The van der Waals surface area contributed by atoms with Crippen LogP contribution in [0.15, 0.2) is 54.6 Å². The average molecular weight is 473 g/mol. The molecule has 34 heavy (non-hydrogen) atoms. The number of benzene rings is 2. The quantitative estimate of drug-likeness (QED) is 0.207. The highest BCUT2D eigenvalue weighted by molar-refractivity contribution is 5.73. The Balaban J connectivity index is 1.69. The Morgan fingerprint density at radius 1 is 1.00 bits per heavy atom. The molecule has 0 saturated heterocycles. The monoisotopic (exact) mass is 472 g/mol. The first-order chi connectivity index (χ1) is 16.5. The lowest BCUT2D eigenvalue weighted by atomic mass is 10.1. The van der Waals surface area contributed by atoms with Gasteiger partial charge in [-0.3, -0.25) is 5.32 Å². The number of carbonyl (C=O) groups is 2. The van der Waals surface area contributed by atoms with Gasteiger partial charge < -0.3 is 24.6 Å². The van der Waals surface area contributed by atoms with Crippen molar-refractivity contribution in [3.8, 4) is 5.75 Å². The first-order valence-corrected chi connectivity index (χ1v) is 11.8. The van der Waals surface area contributed by atoms with E-state index in [-0.39, 0.29) is 19.3 Å². The van der Waals surface area contributed by atoms with Crippen LogP contribution in [0.25, 0.3) is 0 Å². The van der Waals surface area contributed by atoms with Crippen molar-refractivity contribution in [1.29, 1.82) is 0 Å². The minimum atomic E-state index is -1.38. The van der Waals surface area contributed by atoms with Crippen molar-refractivity contribution in [3.63, 3.8) is 0 Å². The maximum atomic E-state index is 11.9. The van der Waals surface area contributed by atoms with Gasteiger partial charge in [0.25, 0.3) is 0 Å². The van der Waals surface area contributed by atoms with E-state index >= 15 is 0 Å². The van der Waals surface area contributed by atoms with Gasteiger partial charge in [0.15, 0.2) is 0 Å². The molecule has 3 N–H and O–H groups in total. The molecule has 0 spiro atoms. The molecule has 2 aromatic carbocycles. The smallest absolute Gasteiger partial charge is 0.407 e. The van der Waals surface area contributed by atoms with Gasteiger partial charge in [-0.25, -0.2) is 9.59 Å². The van der Waals surface area contributed by atoms with E-state index in [4.69, 9.17) is 14.2 Å². The van der Waals surface area contributed by atoms with Gasteiger partial charge in [0, 0.05) is 13.1 Å². The van der Waals surface area contributed by atoms with Gasteiger partial charge in [-0.1, -0.05) is 61.9 Å². The number of carbonyl (C=O) groups excluding carboxylic acids is 2. The second-order valence-electron chi connectivity index (χ2n) is 7.96. The average Bonchev–Trinajstić information content (AvgIpc) is 2.85. The lowest BCUT2D eigenvalue weighted by molar-refractivity contribution is -0.155. The molecule has 0 aromatic heterocycles. The fourth-order valence-electron chi connectivity index (χ4n) is 3.08. The highest BCUT2D eigenvalue weighted by Gasteiger charge is 2.17.